The van der Waals surface area contributed by atoms with Gasteiger partial charge in [-0.1, -0.05) is 6.07 Å². The normalized spacial score (nSPS) is 33.8. The maximum atomic E-state index is 13.0. The number of pyridine rings is 1. The molecule has 6 nitrogen and oxygen atoms in total. The Morgan fingerprint density at radius 3 is 2.21 bits per heavy atom. The molecule has 1 saturated heterocycles. The smallest absolute Gasteiger partial charge is 0.242 e. The summed E-state index contributed by atoms with van der Waals surface area (Å²) < 4.78 is 0. The summed E-state index contributed by atoms with van der Waals surface area (Å²) in [5, 5.41) is 3.02. The van der Waals surface area contributed by atoms with Crippen molar-refractivity contribution >= 4 is 17.6 Å². The maximum absolute atomic E-state index is 13.0. The fraction of sp³-hybridized carbons (Fsp3) is 0.682. The highest BCUT2D eigenvalue weighted by Crippen LogP contribution is 2.60. The standard InChI is InChI=1S/C22H30N4O2/c27-20(26-7-5-25(6-8-26)19-3-1-2-4-23-19)15-24-21(28)22-12-16-9-17(13-22)11-18(10-16)14-22/h1-4,16-18H,5-15H2,(H,24,28). The Hall–Kier alpha value is -2.11. The quantitative estimate of drug-likeness (QED) is 0.866. The predicted octanol–water partition coefficient (Wildman–Crippen LogP) is 2.06. The number of hydrogen-bond donors (Lipinski definition) is 1. The van der Waals surface area contributed by atoms with Gasteiger partial charge in [0.25, 0.3) is 0 Å². The van der Waals surface area contributed by atoms with Gasteiger partial charge in [-0.25, -0.2) is 4.98 Å². The summed E-state index contributed by atoms with van der Waals surface area (Å²) in [7, 11) is 0. The van der Waals surface area contributed by atoms with E-state index in [1.165, 1.54) is 19.3 Å². The number of amides is 2. The Bertz CT molecular complexity index is 707. The average Bonchev–Trinajstić information content (AvgIpc) is 2.71. The van der Waals surface area contributed by atoms with E-state index in [4.69, 9.17) is 0 Å². The molecule has 150 valence electrons. The van der Waals surface area contributed by atoms with Crippen LogP contribution in [0.1, 0.15) is 38.5 Å². The molecule has 0 aromatic carbocycles. The van der Waals surface area contributed by atoms with Crippen LogP contribution in [-0.4, -0.2) is 54.4 Å². The van der Waals surface area contributed by atoms with Crippen LogP contribution in [0.5, 0.6) is 0 Å². The second-order valence-corrected chi connectivity index (χ2v) is 9.44. The lowest BCUT2D eigenvalue weighted by Crippen LogP contribution is -2.56. The van der Waals surface area contributed by atoms with E-state index in [0.29, 0.717) is 13.1 Å². The largest absolute Gasteiger partial charge is 0.353 e. The van der Waals surface area contributed by atoms with Gasteiger partial charge in [0, 0.05) is 37.8 Å². The van der Waals surface area contributed by atoms with Crippen LogP contribution in [0.15, 0.2) is 24.4 Å². The Morgan fingerprint density at radius 2 is 1.64 bits per heavy atom. The van der Waals surface area contributed by atoms with Gasteiger partial charge in [0.15, 0.2) is 0 Å². The molecule has 1 aliphatic heterocycles. The minimum absolute atomic E-state index is 0.0405. The Balaban J connectivity index is 1.13. The second-order valence-electron chi connectivity index (χ2n) is 9.44. The van der Waals surface area contributed by atoms with Crippen molar-refractivity contribution in [2.45, 2.75) is 38.5 Å². The fourth-order valence-electron chi connectivity index (χ4n) is 6.57. The third-order valence-electron chi connectivity index (χ3n) is 7.53. The monoisotopic (exact) mass is 382 g/mol. The van der Waals surface area contributed by atoms with E-state index < -0.39 is 0 Å². The first-order valence-corrected chi connectivity index (χ1v) is 10.8. The first-order chi connectivity index (χ1) is 13.6. The van der Waals surface area contributed by atoms with E-state index in [0.717, 1.165) is 55.9 Å². The molecule has 1 N–H and O–H groups in total. The van der Waals surface area contributed by atoms with Gasteiger partial charge in [0.2, 0.25) is 11.8 Å². The number of carbonyl (C=O) groups is 2. The molecule has 4 aliphatic carbocycles. The molecule has 4 bridgehead atoms. The lowest BCUT2D eigenvalue weighted by Gasteiger charge is -2.55. The maximum Gasteiger partial charge on any atom is 0.242 e. The third-order valence-corrected chi connectivity index (χ3v) is 7.53. The van der Waals surface area contributed by atoms with E-state index in [9.17, 15) is 9.59 Å². The van der Waals surface area contributed by atoms with E-state index in [1.54, 1.807) is 6.20 Å². The summed E-state index contributed by atoms with van der Waals surface area (Å²) in [5.74, 6) is 3.38. The summed E-state index contributed by atoms with van der Waals surface area (Å²) in [5.41, 5.74) is -0.174. The SMILES string of the molecule is O=C(CNC(=O)C12CC3CC(CC(C3)C1)C2)N1CCN(c2ccccn2)CC1. The summed E-state index contributed by atoms with van der Waals surface area (Å²) in [6.07, 6.45) is 8.90. The van der Waals surface area contributed by atoms with Crippen molar-refractivity contribution in [3.8, 4) is 0 Å². The molecule has 4 saturated carbocycles. The van der Waals surface area contributed by atoms with Crippen LogP contribution in [0.25, 0.3) is 0 Å². The van der Waals surface area contributed by atoms with Gasteiger partial charge in [-0.3, -0.25) is 9.59 Å². The van der Waals surface area contributed by atoms with Gasteiger partial charge in [-0.05, 0) is 68.4 Å². The number of hydrogen-bond acceptors (Lipinski definition) is 4. The van der Waals surface area contributed by atoms with Crippen molar-refractivity contribution in [1.29, 1.82) is 0 Å². The highest BCUT2D eigenvalue weighted by molar-refractivity contribution is 5.88. The number of piperazine rings is 1. The topological polar surface area (TPSA) is 65.5 Å². The molecular formula is C22H30N4O2. The fourth-order valence-corrected chi connectivity index (χ4v) is 6.57. The molecule has 6 heteroatoms. The molecule has 1 aromatic heterocycles. The molecular weight excluding hydrogens is 352 g/mol. The van der Waals surface area contributed by atoms with Gasteiger partial charge >= 0.3 is 0 Å². The Morgan fingerprint density at radius 1 is 1.00 bits per heavy atom. The van der Waals surface area contributed by atoms with Crippen molar-refractivity contribution in [2.24, 2.45) is 23.2 Å². The highest BCUT2D eigenvalue weighted by Gasteiger charge is 2.54. The molecule has 0 spiro atoms. The second kappa shape index (κ2) is 7.05. The molecule has 1 aromatic rings. The summed E-state index contributed by atoms with van der Waals surface area (Å²) in [6, 6.07) is 5.90. The number of nitrogens with one attached hydrogen (secondary N) is 1. The summed E-state index contributed by atoms with van der Waals surface area (Å²) in [6.45, 7) is 3.08. The number of aromatic nitrogens is 1. The highest BCUT2D eigenvalue weighted by atomic mass is 16.2. The van der Waals surface area contributed by atoms with E-state index in [2.05, 4.69) is 15.2 Å². The van der Waals surface area contributed by atoms with Gasteiger partial charge in [-0.2, -0.15) is 0 Å². The van der Waals surface area contributed by atoms with Crippen LogP contribution in [-0.2, 0) is 9.59 Å². The van der Waals surface area contributed by atoms with E-state index >= 15 is 0 Å². The van der Waals surface area contributed by atoms with Crippen molar-refractivity contribution in [3.63, 3.8) is 0 Å². The first kappa shape index (κ1) is 18.0. The Kier molecular flexibility index (Phi) is 4.52. The van der Waals surface area contributed by atoms with Crippen LogP contribution in [0, 0.1) is 23.2 Å². The van der Waals surface area contributed by atoms with Crippen LogP contribution >= 0.6 is 0 Å². The molecule has 0 atom stereocenters. The van der Waals surface area contributed by atoms with Gasteiger partial charge in [-0.15, -0.1) is 0 Å². The van der Waals surface area contributed by atoms with Crippen LogP contribution in [0.2, 0.25) is 0 Å². The molecule has 5 aliphatic rings. The van der Waals surface area contributed by atoms with Crippen molar-refractivity contribution in [2.75, 3.05) is 37.6 Å². The third kappa shape index (κ3) is 3.27. The summed E-state index contributed by atoms with van der Waals surface area (Å²) >= 11 is 0. The summed E-state index contributed by atoms with van der Waals surface area (Å²) in [4.78, 5) is 34.1. The Labute approximate surface area is 166 Å². The zero-order valence-electron chi connectivity index (χ0n) is 16.5. The number of carbonyl (C=O) groups excluding carboxylic acids is 2. The first-order valence-electron chi connectivity index (χ1n) is 10.8. The van der Waals surface area contributed by atoms with Crippen molar-refractivity contribution in [3.05, 3.63) is 24.4 Å². The lowest BCUT2D eigenvalue weighted by molar-refractivity contribution is -0.148. The molecule has 0 radical (unpaired) electrons. The number of rotatable bonds is 4. The van der Waals surface area contributed by atoms with Gasteiger partial charge in [0.05, 0.1) is 6.54 Å². The zero-order valence-corrected chi connectivity index (χ0v) is 16.5. The van der Waals surface area contributed by atoms with Crippen LogP contribution in [0.4, 0.5) is 5.82 Å². The minimum Gasteiger partial charge on any atom is -0.353 e. The predicted molar refractivity (Wildman–Crippen MR) is 107 cm³/mol. The van der Waals surface area contributed by atoms with Gasteiger partial charge < -0.3 is 15.1 Å². The molecule has 5 fully saturated rings. The van der Waals surface area contributed by atoms with Crippen LogP contribution in [0.3, 0.4) is 0 Å². The minimum atomic E-state index is -0.174. The average molecular weight is 383 g/mol. The molecule has 0 unspecified atom stereocenters. The van der Waals surface area contributed by atoms with Crippen LogP contribution < -0.4 is 10.2 Å². The lowest BCUT2D eigenvalue weighted by atomic mass is 9.49. The molecule has 28 heavy (non-hydrogen) atoms. The number of anilines is 1. The van der Waals surface area contributed by atoms with Crippen molar-refractivity contribution in [1.82, 2.24) is 15.2 Å². The number of nitrogens with zero attached hydrogens (tertiary/aromatic N) is 3. The molecule has 2 heterocycles. The van der Waals surface area contributed by atoms with E-state index in [1.807, 2.05) is 23.1 Å². The molecule has 6 rings (SSSR count). The molecule has 2 amide bonds. The van der Waals surface area contributed by atoms with E-state index in [-0.39, 0.29) is 23.8 Å². The zero-order chi connectivity index (χ0) is 19.1. The van der Waals surface area contributed by atoms with Crippen molar-refractivity contribution < 1.29 is 9.59 Å². The van der Waals surface area contributed by atoms with Gasteiger partial charge in [0.1, 0.15) is 5.82 Å².